The van der Waals surface area contributed by atoms with Gasteiger partial charge in [-0.15, -0.1) is 0 Å². The summed E-state index contributed by atoms with van der Waals surface area (Å²) in [6.45, 7) is 5.15. The van der Waals surface area contributed by atoms with Crippen LogP contribution in [0.25, 0.3) is 0 Å². The van der Waals surface area contributed by atoms with Crippen molar-refractivity contribution in [3.8, 4) is 0 Å². The lowest BCUT2D eigenvalue weighted by molar-refractivity contribution is 0.0475. The molecular weight excluding hydrogens is 252 g/mol. The van der Waals surface area contributed by atoms with Crippen LogP contribution in [0.1, 0.15) is 50.7 Å². The fourth-order valence-corrected chi connectivity index (χ4v) is 6.72. The molecule has 2 fully saturated rings. The number of benzene rings is 1. The summed E-state index contributed by atoms with van der Waals surface area (Å²) >= 11 is 0. The Kier molecular flexibility index (Phi) is 2.17. The van der Waals surface area contributed by atoms with Crippen LogP contribution in [-0.4, -0.2) is 0 Å². The maximum atomic E-state index is 2.59. The van der Waals surface area contributed by atoms with Gasteiger partial charge in [-0.25, -0.2) is 0 Å². The van der Waals surface area contributed by atoms with Crippen LogP contribution >= 0.6 is 0 Å². The van der Waals surface area contributed by atoms with E-state index in [9.17, 15) is 0 Å². The molecule has 108 valence electrons. The van der Waals surface area contributed by atoms with E-state index >= 15 is 0 Å². The Morgan fingerprint density at radius 2 is 1.76 bits per heavy atom. The zero-order valence-corrected chi connectivity index (χ0v) is 13.1. The van der Waals surface area contributed by atoms with Crippen molar-refractivity contribution in [3.05, 3.63) is 59.2 Å². The zero-order valence-electron chi connectivity index (χ0n) is 13.1. The Morgan fingerprint density at radius 1 is 1.00 bits per heavy atom. The van der Waals surface area contributed by atoms with Gasteiger partial charge in [0.1, 0.15) is 0 Å². The van der Waals surface area contributed by atoms with E-state index in [0.29, 0.717) is 10.8 Å². The van der Waals surface area contributed by atoms with Crippen LogP contribution in [0.15, 0.2) is 48.1 Å². The first-order valence-electron chi connectivity index (χ1n) is 8.65. The molecule has 6 rings (SSSR count). The lowest BCUT2D eigenvalue weighted by atomic mass is 9.38. The largest absolute Gasteiger partial charge is 0.0839 e. The van der Waals surface area contributed by atoms with Gasteiger partial charge in [-0.05, 0) is 48.1 Å². The smallest absolute Gasteiger partial charge is 0.0174 e. The number of allylic oxidation sites excluding steroid dienone is 4. The molecule has 0 N–H and O–H groups in total. The normalized spacial score (nSPS) is 45.8. The molecule has 0 heterocycles. The third kappa shape index (κ3) is 1.17. The van der Waals surface area contributed by atoms with Crippen LogP contribution in [0.2, 0.25) is 0 Å². The molecule has 0 nitrogen and oxygen atoms in total. The highest BCUT2D eigenvalue weighted by atomic mass is 14.7. The molecule has 0 heteroatoms. The fraction of sp³-hybridized carbons (Fsp3) is 0.524. The molecule has 5 aliphatic rings. The van der Waals surface area contributed by atoms with Gasteiger partial charge in [-0.3, -0.25) is 0 Å². The molecule has 0 saturated heterocycles. The number of rotatable bonds is 0. The van der Waals surface area contributed by atoms with Gasteiger partial charge in [0.25, 0.3) is 0 Å². The minimum Gasteiger partial charge on any atom is -0.0839 e. The zero-order chi connectivity index (χ0) is 14.2. The molecule has 0 amide bonds. The summed E-state index contributed by atoms with van der Waals surface area (Å²) < 4.78 is 0. The minimum atomic E-state index is 0.297. The second-order valence-corrected chi connectivity index (χ2v) is 8.01. The van der Waals surface area contributed by atoms with Crippen molar-refractivity contribution in [2.75, 3.05) is 0 Å². The summed E-state index contributed by atoms with van der Waals surface area (Å²) in [6, 6.07) is 9.39. The summed E-state index contributed by atoms with van der Waals surface area (Å²) in [4.78, 5) is 0. The predicted octanol–water partition coefficient (Wildman–Crippen LogP) is 5.15. The highest BCUT2D eigenvalue weighted by Crippen LogP contribution is 2.70. The van der Waals surface area contributed by atoms with Gasteiger partial charge in [0.05, 0.1) is 0 Å². The third-order valence-electron chi connectivity index (χ3n) is 7.58. The number of hydrogen-bond acceptors (Lipinski definition) is 0. The molecule has 5 aliphatic carbocycles. The average molecular weight is 276 g/mol. The van der Waals surface area contributed by atoms with Crippen LogP contribution < -0.4 is 0 Å². The van der Waals surface area contributed by atoms with Gasteiger partial charge < -0.3 is 0 Å². The monoisotopic (exact) mass is 276 g/mol. The van der Waals surface area contributed by atoms with Gasteiger partial charge in [-0.1, -0.05) is 68.3 Å². The van der Waals surface area contributed by atoms with Crippen molar-refractivity contribution in [3.63, 3.8) is 0 Å². The van der Waals surface area contributed by atoms with E-state index in [2.05, 4.69) is 56.3 Å². The molecule has 2 bridgehead atoms. The first-order chi connectivity index (χ1) is 10.2. The van der Waals surface area contributed by atoms with E-state index in [4.69, 9.17) is 0 Å². The van der Waals surface area contributed by atoms with E-state index in [-0.39, 0.29) is 0 Å². The fourth-order valence-electron chi connectivity index (χ4n) is 6.72. The van der Waals surface area contributed by atoms with Crippen LogP contribution in [0.3, 0.4) is 0 Å². The summed E-state index contributed by atoms with van der Waals surface area (Å²) in [5, 5.41) is 0. The van der Waals surface area contributed by atoms with Gasteiger partial charge >= 0.3 is 0 Å². The molecule has 1 aromatic rings. The molecule has 0 aliphatic heterocycles. The third-order valence-corrected chi connectivity index (χ3v) is 7.58. The van der Waals surface area contributed by atoms with E-state index in [1.165, 1.54) is 25.7 Å². The summed E-state index contributed by atoms with van der Waals surface area (Å²) in [6.07, 6.45) is 12.7. The van der Waals surface area contributed by atoms with Crippen LogP contribution in [0, 0.1) is 17.8 Å². The molecule has 5 atom stereocenters. The Bertz CT molecular complexity index is 679. The quantitative estimate of drug-likeness (QED) is 0.615. The Morgan fingerprint density at radius 3 is 2.62 bits per heavy atom. The van der Waals surface area contributed by atoms with Crippen molar-refractivity contribution in [2.24, 2.45) is 17.8 Å². The maximum Gasteiger partial charge on any atom is 0.0174 e. The molecule has 0 spiro atoms. The SMILES string of the molecule is CC12C3=CC=CCC3C(C)(c3ccccc31)C1CCCC12. The highest BCUT2D eigenvalue weighted by Gasteiger charge is 2.65. The van der Waals surface area contributed by atoms with E-state index in [1.54, 1.807) is 16.7 Å². The van der Waals surface area contributed by atoms with Crippen LogP contribution in [0.4, 0.5) is 0 Å². The molecule has 1 aromatic carbocycles. The van der Waals surface area contributed by atoms with Gasteiger partial charge in [0.2, 0.25) is 0 Å². The highest BCUT2D eigenvalue weighted by molar-refractivity contribution is 5.58. The number of hydrogen-bond donors (Lipinski definition) is 0. The topological polar surface area (TPSA) is 0 Å². The van der Waals surface area contributed by atoms with Crippen LogP contribution in [-0.2, 0) is 10.8 Å². The average Bonchev–Trinajstić information content (AvgIpc) is 3.03. The summed E-state index contributed by atoms with van der Waals surface area (Å²) in [7, 11) is 0. The van der Waals surface area contributed by atoms with Gasteiger partial charge in [0, 0.05) is 10.8 Å². The lowest BCUT2D eigenvalue weighted by Gasteiger charge is -2.65. The Labute approximate surface area is 128 Å². The second kappa shape index (κ2) is 3.72. The minimum absolute atomic E-state index is 0.297. The Balaban J connectivity index is 1.90. The molecule has 5 unspecified atom stereocenters. The second-order valence-electron chi connectivity index (χ2n) is 8.01. The standard InChI is InChI=1S/C21H24/c1-20-14-8-3-5-10-16(14)21(2,19-13-7-12-18(19)20)17-11-6-4-9-15(17)20/h3-6,8-10,17-19H,7,11-13H2,1-2H3. The van der Waals surface area contributed by atoms with Crippen molar-refractivity contribution in [2.45, 2.75) is 50.4 Å². The maximum absolute atomic E-state index is 2.59. The summed E-state index contributed by atoms with van der Waals surface area (Å²) in [5.41, 5.74) is 5.73. The first-order valence-corrected chi connectivity index (χ1v) is 8.65. The van der Waals surface area contributed by atoms with E-state index in [0.717, 1.165) is 17.8 Å². The first kappa shape index (κ1) is 12.3. The summed E-state index contributed by atoms with van der Waals surface area (Å²) in [5.74, 6) is 2.50. The van der Waals surface area contributed by atoms with E-state index in [1.807, 2.05) is 0 Å². The molecule has 0 aromatic heterocycles. The predicted molar refractivity (Wildman–Crippen MR) is 87.3 cm³/mol. The molecule has 0 radical (unpaired) electrons. The van der Waals surface area contributed by atoms with Gasteiger partial charge in [-0.2, -0.15) is 0 Å². The molecule has 21 heavy (non-hydrogen) atoms. The van der Waals surface area contributed by atoms with Crippen molar-refractivity contribution in [1.29, 1.82) is 0 Å². The Hall–Kier alpha value is -1.30. The van der Waals surface area contributed by atoms with Gasteiger partial charge in [0.15, 0.2) is 0 Å². The van der Waals surface area contributed by atoms with Crippen molar-refractivity contribution in [1.82, 2.24) is 0 Å². The van der Waals surface area contributed by atoms with Crippen molar-refractivity contribution < 1.29 is 0 Å². The van der Waals surface area contributed by atoms with Crippen LogP contribution in [0.5, 0.6) is 0 Å². The van der Waals surface area contributed by atoms with E-state index < -0.39 is 0 Å². The molecule has 2 saturated carbocycles. The van der Waals surface area contributed by atoms with Crippen molar-refractivity contribution >= 4 is 0 Å². The lowest BCUT2D eigenvalue weighted by Crippen LogP contribution is -2.61. The molecular formula is C21H24.